The average Bonchev–Trinajstić information content (AvgIpc) is 3.41. The molecule has 0 aliphatic carbocycles. The van der Waals surface area contributed by atoms with Crippen molar-refractivity contribution in [2.45, 2.75) is 63.7 Å². The molecule has 2 unspecified atom stereocenters. The summed E-state index contributed by atoms with van der Waals surface area (Å²) in [4.78, 5) is 41.7. The average molecular weight is 479 g/mol. The summed E-state index contributed by atoms with van der Waals surface area (Å²) in [6.07, 6.45) is 2.68. The number of nitrogens with one attached hydrogen (secondary N) is 1. The number of esters is 1. The van der Waals surface area contributed by atoms with E-state index in [-0.39, 0.29) is 25.0 Å². The van der Waals surface area contributed by atoms with Crippen LogP contribution in [0.25, 0.3) is 0 Å². The maximum Gasteiger partial charge on any atom is 0.312 e. The lowest BCUT2D eigenvalue weighted by Crippen LogP contribution is -2.53. The van der Waals surface area contributed by atoms with Gasteiger partial charge in [-0.15, -0.1) is 0 Å². The molecule has 8 nitrogen and oxygen atoms in total. The number of anilines is 1. The zero-order valence-electron chi connectivity index (χ0n) is 19.0. The predicted molar refractivity (Wildman–Crippen MR) is 122 cm³/mol. The van der Waals surface area contributed by atoms with Crippen molar-refractivity contribution in [3.05, 3.63) is 28.8 Å². The number of aliphatic hydroxyl groups is 1. The van der Waals surface area contributed by atoms with Crippen molar-refractivity contribution in [1.29, 1.82) is 0 Å². The zero-order valence-corrected chi connectivity index (χ0v) is 19.8. The number of carbonyl (C=O) groups is 3. The second kappa shape index (κ2) is 9.60. The molecule has 0 radical (unpaired) electrons. The molecule has 2 bridgehead atoms. The third-order valence-electron chi connectivity index (χ3n) is 7.13. The number of nitrogens with zero attached hydrogens (tertiary/aromatic N) is 1. The summed E-state index contributed by atoms with van der Waals surface area (Å²) in [5.41, 5.74) is 0.256. The number of rotatable bonds is 9. The minimum Gasteiger partial charge on any atom is -0.466 e. The highest BCUT2D eigenvalue weighted by Crippen LogP contribution is 2.58. The van der Waals surface area contributed by atoms with Gasteiger partial charge < -0.3 is 24.8 Å². The smallest absolute Gasteiger partial charge is 0.312 e. The molecule has 1 aromatic carbocycles. The number of likely N-dealkylation sites (tertiary alicyclic amines) is 1. The summed E-state index contributed by atoms with van der Waals surface area (Å²) in [6.45, 7) is 4.22. The minimum absolute atomic E-state index is 0.0753. The summed E-state index contributed by atoms with van der Waals surface area (Å²) >= 11 is 6.34. The molecule has 180 valence electrons. The van der Waals surface area contributed by atoms with Crippen LogP contribution in [0.3, 0.4) is 0 Å². The highest BCUT2D eigenvalue weighted by atomic mass is 35.5. The zero-order chi connectivity index (χ0) is 23.8. The molecule has 33 heavy (non-hydrogen) atoms. The van der Waals surface area contributed by atoms with Gasteiger partial charge in [0.15, 0.2) is 0 Å². The Kier molecular flexibility index (Phi) is 6.98. The molecule has 1 aromatic rings. The van der Waals surface area contributed by atoms with Crippen LogP contribution < -0.4 is 5.32 Å². The number of halogens is 1. The van der Waals surface area contributed by atoms with E-state index in [2.05, 4.69) is 5.32 Å². The Morgan fingerprint density at radius 1 is 1.33 bits per heavy atom. The largest absolute Gasteiger partial charge is 0.466 e. The van der Waals surface area contributed by atoms with Gasteiger partial charge in [-0.05, 0) is 57.6 Å². The summed E-state index contributed by atoms with van der Waals surface area (Å²) in [7, 11) is 0. The molecule has 0 saturated carbocycles. The van der Waals surface area contributed by atoms with E-state index < -0.39 is 35.6 Å². The van der Waals surface area contributed by atoms with E-state index in [4.69, 9.17) is 26.2 Å². The van der Waals surface area contributed by atoms with Crippen LogP contribution in [0.1, 0.15) is 44.6 Å². The molecule has 3 heterocycles. The molecule has 1 spiro atoms. The molecule has 5 atom stereocenters. The van der Waals surface area contributed by atoms with Gasteiger partial charge in [0.05, 0.1) is 35.3 Å². The molecule has 9 heteroatoms. The first-order chi connectivity index (χ1) is 15.9. The lowest BCUT2D eigenvalue weighted by molar-refractivity contribution is -0.154. The number of hydrogen-bond donors (Lipinski definition) is 2. The number of aryl methyl sites for hydroxylation is 1. The number of amides is 2. The molecule has 3 aliphatic heterocycles. The molecule has 3 saturated heterocycles. The molecule has 4 rings (SSSR count). The van der Waals surface area contributed by atoms with Gasteiger partial charge in [0.2, 0.25) is 11.8 Å². The van der Waals surface area contributed by atoms with Crippen LogP contribution in [0.2, 0.25) is 5.02 Å². The molecule has 0 aromatic heterocycles. The summed E-state index contributed by atoms with van der Waals surface area (Å²) in [6, 6.07) is 4.49. The SMILES string of the molecule is CCOC(=O)[C@@H]1[C@H]2C(=O)N(CCCCCO)C(C(=O)Nc3c(C)cccc3Cl)C23CC[C@H]1O3. The highest BCUT2D eigenvalue weighted by molar-refractivity contribution is 6.34. The molecular weight excluding hydrogens is 448 g/mol. The van der Waals surface area contributed by atoms with Crippen molar-refractivity contribution in [3.63, 3.8) is 0 Å². The number of unbranched alkanes of at least 4 members (excludes halogenated alkanes) is 2. The standard InChI is InChI=1S/C24H31ClN2O6/c1-3-32-23(31)17-16-10-11-24(33-16)18(17)22(30)27(12-5-4-6-13-28)20(24)21(29)26-19-14(2)8-7-9-15(19)25/h7-9,16-18,20,28H,3-6,10-13H2,1-2H3,(H,26,29)/t16-,17+,18+,20?,24?/m1/s1. The van der Waals surface area contributed by atoms with Crippen LogP contribution in [-0.2, 0) is 23.9 Å². The van der Waals surface area contributed by atoms with Crippen LogP contribution in [0.5, 0.6) is 0 Å². The number of ether oxygens (including phenoxy) is 2. The third-order valence-corrected chi connectivity index (χ3v) is 7.45. The number of benzene rings is 1. The monoisotopic (exact) mass is 478 g/mol. The summed E-state index contributed by atoms with van der Waals surface area (Å²) < 4.78 is 11.6. The maximum absolute atomic E-state index is 13.7. The van der Waals surface area contributed by atoms with Gasteiger partial charge in [0.1, 0.15) is 11.6 Å². The Hall–Kier alpha value is -2.16. The van der Waals surface area contributed by atoms with E-state index in [1.807, 2.05) is 13.0 Å². The fourth-order valence-electron chi connectivity index (χ4n) is 5.75. The van der Waals surface area contributed by atoms with Crippen LogP contribution in [0, 0.1) is 18.8 Å². The summed E-state index contributed by atoms with van der Waals surface area (Å²) in [5, 5.41) is 12.4. The lowest BCUT2D eigenvalue weighted by atomic mass is 9.70. The first kappa shape index (κ1) is 24.0. The highest BCUT2D eigenvalue weighted by Gasteiger charge is 2.74. The van der Waals surface area contributed by atoms with Gasteiger partial charge in [-0.25, -0.2) is 0 Å². The Labute approximate surface area is 198 Å². The predicted octanol–water partition coefficient (Wildman–Crippen LogP) is 2.69. The first-order valence-electron chi connectivity index (χ1n) is 11.7. The molecule has 2 N–H and O–H groups in total. The van der Waals surface area contributed by atoms with E-state index in [1.165, 1.54) is 0 Å². The molecule has 2 amide bonds. The number of carbonyl (C=O) groups excluding carboxylic acids is 3. The van der Waals surface area contributed by atoms with Crippen molar-refractivity contribution in [3.8, 4) is 0 Å². The second-order valence-electron chi connectivity index (χ2n) is 9.04. The third kappa shape index (κ3) is 4.02. The van der Waals surface area contributed by atoms with Crippen molar-refractivity contribution < 1.29 is 29.0 Å². The number of para-hydroxylation sites is 1. The molecular formula is C24H31ClN2O6. The van der Waals surface area contributed by atoms with Crippen LogP contribution in [0.15, 0.2) is 18.2 Å². The van der Waals surface area contributed by atoms with Crippen molar-refractivity contribution in [2.75, 3.05) is 25.1 Å². The van der Waals surface area contributed by atoms with Gasteiger partial charge in [0.25, 0.3) is 0 Å². The van der Waals surface area contributed by atoms with Crippen LogP contribution >= 0.6 is 11.6 Å². The number of fused-ring (bicyclic) bond motifs is 1. The van der Waals surface area contributed by atoms with E-state index in [1.54, 1.807) is 24.0 Å². The van der Waals surface area contributed by atoms with Gasteiger partial charge in [0, 0.05) is 13.2 Å². The Morgan fingerprint density at radius 2 is 2.12 bits per heavy atom. The second-order valence-corrected chi connectivity index (χ2v) is 9.45. The summed E-state index contributed by atoms with van der Waals surface area (Å²) in [5.74, 6) is -2.49. The van der Waals surface area contributed by atoms with E-state index >= 15 is 0 Å². The Bertz CT molecular complexity index is 919. The lowest BCUT2D eigenvalue weighted by Gasteiger charge is -2.33. The van der Waals surface area contributed by atoms with Crippen molar-refractivity contribution in [2.24, 2.45) is 11.8 Å². The normalized spacial score (nSPS) is 29.9. The van der Waals surface area contributed by atoms with Gasteiger partial charge >= 0.3 is 5.97 Å². The number of hydrogen-bond acceptors (Lipinski definition) is 6. The molecule has 3 aliphatic rings. The fourth-order valence-corrected chi connectivity index (χ4v) is 6.02. The van der Waals surface area contributed by atoms with E-state index in [0.29, 0.717) is 42.9 Å². The maximum atomic E-state index is 13.7. The minimum atomic E-state index is -1.06. The van der Waals surface area contributed by atoms with E-state index in [0.717, 1.165) is 12.0 Å². The fraction of sp³-hybridized carbons (Fsp3) is 0.625. The van der Waals surface area contributed by atoms with Crippen LogP contribution in [0.4, 0.5) is 5.69 Å². The number of aliphatic hydroxyl groups excluding tert-OH is 1. The van der Waals surface area contributed by atoms with Gasteiger partial charge in [-0.1, -0.05) is 23.7 Å². The van der Waals surface area contributed by atoms with E-state index in [9.17, 15) is 14.4 Å². The topological polar surface area (TPSA) is 105 Å². The van der Waals surface area contributed by atoms with Crippen molar-refractivity contribution in [1.82, 2.24) is 4.90 Å². The Balaban J connectivity index is 1.67. The van der Waals surface area contributed by atoms with Crippen LogP contribution in [-0.4, -0.2) is 65.3 Å². The van der Waals surface area contributed by atoms with Gasteiger partial charge in [-0.2, -0.15) is 0 Å². The van der Waals surface area contributed by atoms with Gasteiger partial charge in [-0.3, -0.25) is 14.4 Å². The molecule has 3 fully saturated rings. The quantitative estimate of drug-likeness (QED) is 0.417. The van der Waals surface area contributed by atoms with Crippen molar-refractivity contribution >= 4 is 35.1 Å². The Morgan fingerprint density at radius 3 is 2.82 bits per heavy atom. The first-order valence-corrected chi connectivity index (χ1v) is 12.0.